The molecule has 0 aliphatic carbocycles. The van der Waals surface area contributed by atoms with Crippen LogP contribution < -0.4 is 10.6 Å². The smallest absolute Gasteiger partial charge is 0.411 e. The molecule has 0 unspecified atom stereocenters. The van der Waals surface area contributed by atoms with Gasteiger partial charge in [-0.05, 0) is 61.1 Å². The van der Waals surface area contributed by atoms with Gasteiger partial charge in [-0.3, -0.25) is 20.6 Å². The average molecular weight is 384 g/mol. The van der Waals surface area contributed by atoms with Crippen LogP contribution in [0.5, 0.6) is 0 Å². The van der Waals surface area contributed by atoms with E-state index in [1.807, 2.05) is 24.3 Å². The van der Waals surface area contributed by atoms with Gasteiger partial charge in [0.2, 0.25) is 0 Å². The summed E-state index contributed by atoms with van der Waals surface area (Å²) in [5, 5.41) is 4.80. The number of aromatic nitrogens is 2. The van der Waals surface area contributed by atoms with Crippen molar-refractivity contribution in [3.8, 4) is 0 Å². The van der Waals surface area contributed by atoms with Gasteiger partial charge in [0.05, 0.1) is 13.2 Å². The molecule has 2 aromatic rings. The second-order valence-corrected chi connectivity index (χ2v) is 5.81. The summed E-state index contributed by atoms with van der Waals surface area (Å²) in [6.45, 7) is 0.601. The van der Waals surface area contributed by atoms with Gasteiger partial charge < -0.3 is 9.47 Å². The molecule has 2 rings (SSSR count). The number of aryl methyl sites for hydroxylation is 2. The van der Waals surface area contributed by atoms with Crippen molar-refractivity contribution in [1.29, 1.82) is 0 Å². The summed E-state index contributed by atoms with van der Waals surface area (Å²) in [4.78, 5) is 30.9. The Morgan fingerprint density at radius 1 is 0.750 bits per heavy atom. The monoisotopic (exact) mass is 384 g/mol. The van der Waals surface area contributed by atoms with E-state index in [2.05, 4.69) is 20.6 Å². The summed E-state index contributed by atoms with van der Waals surface area (Å²) in [5.74, 6) is 0. The number of rotatable bonds is 10. The lowest BCUT2D eigenvalue weighted by molar-refractivity contribution is 0.146. The first-order valence-electron chi connectivity index (χ1n) is 9.03. The minimum absolute atomic E-state index is 0.301. The Labute approximate surface area is 164 Å². The van der Waals surface area contributed by atoms with Gasteiger partial charge in [-0.15, -0.1) is 0 Å². The van der Waals surface area contributed by atoms with Crippen LogP contribution >= 0.6 is 0 Å². The van der Waals surface area contributed by atoms with Crippen LogP contribution in [0.2, 0.25) is 0 Å². The summed E-state index contributed by atoms with van der Waals surface area (Å²) in [6, 6.07) is 7.69. The summed E-state index contributed by atoms with van der Waals surface area (Å²) in [7, 11) is 0. The van der Waals surface area contributed by atoms with Crippen LogP contribution in [0.3, 0.4) is 0 Å². The molecule has 0 aromatic carbocycles. The molecule has 2 N–H and O–H groups in total. The van der Waals surface area contributed by atoms with Gasteiger partial charge in [-0.2, -0.15) is 0 Å². The normalized spacial score (nSPS) is 10.4. The van der Waals surface area contributed by atoms with Gasteiger partial charge in [-0.25, -0.2) is 9.59 Å². The molecule has 0 atom stereocenters. The lowest BCUT2D eigenvalue weighted by atomic mass is 10.1. The van der Waals surface area contributed by atoms with Crippen molar-refractivity contribution in [3.05, 3.63) is 72.6 Å². The minimum Gasteiger partial charge on any atom is -0.449 e. The zero-order chi connectivity index (χ0) is 19.9. The molecule has 0 saturated heterocycles. The van der Waals surface area contributed by atoms with Crippen molar-refractivity contribution in [2.45, 2.75) is 25.7 Å². The lowest BCUT2D eigenvalue weighted by Gasteiger charge is -2.05. The van der Waals surface area contributed by atoms with Crippen molar-refractivity contribution >= 4 is 12.2 Å². The third-order valence-electron chi connectivity index (χ3n) is 3.67. The van der Waals surface area contributed by atoms with Crippen molar-refractivity contribution in [3.63, 3.8) is 0 Å². The number of carbonyl (C=O) groups is 2. The topological polar surface area (TPSA) is 102 Å². The van der Waals surface area contributed by atoms with E-state index >= 15 is 0 Å². The molecule has 0 radical (unpaired) electrons. The highest BCUT2D eigenvalue weighted by atomic mass is 16.6. The number of hydrogen-bond donors (Lipinski definition) is 2. The van der Waals surface area contributed by atoms with Crippen molar-refractivity contribution < 1.29 is 19.1 Å². The van der Waals surface area contributed by atoms with Crippen LogP contribution in [0, 0.1) is 0 Å². The van der Waals surface area contributed by atoms with Crippen LogP contribution in [0.15, 0.2) is 61.5 Å². The molecule has 0 bridgehead atoms. The van der Waals surface area contributed by atoms with Crippen LogP contribution in [0.25, 0.3) is 0 Å². The van der Waals surface area contributed by atoms with E-state index in [9.17, 15) is 9.59 Å². The van der Waals surface area contributed by atoms with Gasteiger partial charge in [-0.1, -0.05) is 0 Å². The largest absolute Gasteiger partial charge is 0.449 e. The predicted octanol–water partition coefficient (Wildman–Crippen LogP) is 2.97. The second-order valence-electron chi connectivity index (χ2n) is 5.81. The average Bonchev–Trinajstić information content (AvgIpc) is 2.73. The zero-order valence-corrected chi connectivity index (χ0v) is 15.5. The molecular weight excluding hydrogens is 360 g/mol. The van der Waals surface area contributed by atoms with Crippen LogP contribution in [0.4, 0.5) is 9.59 Å². The van der Waals surface area contributed by atoms with Gasteiger partial charge in [0.15, 0.2) is 0 Å². The molecule has 0 aliphatic rings. The van der Waals surface area contributed by atoms with Crippen LogP contribution in [0.1, 0.15) is 24.0 Å². The molecule has 0 aliphatic heterocycles. The molecule has 28 heavy (non-hydrogen) atoms. The molecule has 2 amide bonds. The Morgan fingerprint density at radius 3 is 1.54 bits per heavy atom. The first-order valence-corrected chi connectivity index (χ1v) is 9.03. The van der Waals surface area contributed by atoms with E-state index in [-0.39, 0.29) is 0 Å². The first kappa shape index (κ1) is 20.9. The van der Waals surface area contributed by atoms with Gasteiger partial charge >= 0.3 is 12.2 Å². The van der Waals surface area contributed by atoms with Crippen LogP contribution in [-0.2, 0) is 22.3 Å². The second kappa shape index (κ2) is 12.9. The quantitative estimate of drug-likeness (QED) is 0.611. The Hall–Kier alpha value is -3.42. The lowest BCUT2D eigenvalue weighted by Crippen LogP contribution is -2.23. The van der Waals surface area contributed by atoms with E-state index in [4.69, 9.17) is 9.47 Å². The Bertz CT molecular complexity index is 675. The third kappa shape index (κ3) is 9.33. The highest BCUT2D eigenvalue weighted by Crippen LogP contribution is 2.01. The summed E-state index contributed by atoms with van der Waals surface area (Å²) >= 11 is 0. The van der Waals surface area contributed by atoms with Gasteiger partial charge in [0, 0.05) is 37.2 Å². The summed E-state index contributed by atoms with van der Waals surface area (Å²) in [5.41, 5.74) is 2.28. The number of nitrogens with zero attached hydrogens (tertiary/aromatic N) is 2. The molecule has 148 valence electrons. The number of amides is 2. The van der Waals surface area contributed by atoms with Crippen LogP contribution in [-0.4, -0.2) is 35.4 Å². The number of nitrogens with one attached hydrogen (secondary N) is 2. The molecular formula is C20H24N4O4. The zero-order valence-electron chi connectivity index (χ0n) is 15.5. The number of pyridine rings is 2. The van der Waals surface area contributed by atoms with Crippen molar-refractivity contribution in [1.82, 2.24) is 20.6 Å². The highest BCUT2D eigenvalue weighted by Gasteiger charge is 2.01. The van der Waals surface area contributed by atoms with Gasteiger partial charge in [0.25, 0.3) is 0 Å². The maximum Gasteiger partial charge on any atom is 0.411 e. The van der Waals surface area contributed by atoms with E-state index in [0.717, 1.165) is 24.0 Å². The highest BCUT2D eigenvalue weighted by molar-refractivity contribution is 5.70. The SMILES string of the molecule is O=C(N/C=C/NC(=O)OCCCc1ccncc1)OCCCc1ccncc1. The summed E-state index contributed by atoms with van der Waals surface area (Å²) < 4.78 is 10.1. The van der Waals surface area contributed by atoms with Crippen molar-refractivity contribution in [2.75, 3.05) is 13.2 Å². The Kier molecular flexibility index (Phi) is 9.59. The molecule has 0 saturated carbocycles. The van der Waals surface area contributed by atoms with E-state index in [1.54, 1.807) is 24.8 Å². The Morgan fingerprint density at radius 2 is 1.14 bits per heavy atom. The summed E-state index contributed by atoms with van der Waals surface area (Å²) in [6.07, 6.45) is 11.3. The third-order valence-corrected chi connectivity index (χ3v) is 3.67. The van der Waals surface area contributed by atoms with E-state index < -0.39 is 12.2 Å². The maximum absolute atomic E-state index is 11.5. The number of ether oxygens (including phenoxy) is 2. The predicted molar refractivity (Wildman–Crippen MR) is 103 cm³/mol. The fraction of sp³-hybridized carbons (Fsp3) is 0.300. The standard InChI is InChI=1S/C20H24N4O4/c25-19(27-15-1-3-17-5-9-21-10-6-17)23-13-14-24-20(26)28-16-2-4-18-7-11-22-12-8-18/h5-14H,1-4,15-16H2,(H,23,25)(H,24,26)/b14-13+. The van der Waals surface area contributed by atoms with E-state index in [0.29, 0.717) is 26.1 Å². The van der Waals surface area contributed by atoms with Crippen molar-refractivity contribution in [2.24, 2.45) is 0 Å². The number of hydrogen-bond acceptors (Lipinski definition) is 6. The molecule has 0 spiro atoms. The fourth-order valence-electron chi connectivity index (χ4n) is 2.28. The van der Waals surface area contributed by atoms with Gasteiger partial charge in [0.1, 0.15) is 0 Å². The molecule has 0 fully saturated rings. The number of alkyl carbamates (subject to hydrolysis) is 2. The molecule has 2 aromatic heterocycles. The van der Waals surface area contributed by atoms with E-state index in [1.165, 1.54) is 12.4 Å². The minimum atomic E-state index is -0.585. The molecule has 2 heterocycles. The fourth-order valence-corrected chi connectivity index (χ4v) is 2.28. The molecule has 8 nitrogen and oxygen atoms in total. The number of carbonyl (C=O) groups excluding carboxylic acids is 2. The molecule has 8 heteroatoms. The maximum atomic E-state index is 11.5. The Balaban J connectivity index is 1.46. The first-order chi connectivity index (χ1) is 13.7.